The first kappa shape index (κ1) is 20.6. The van der Waals surface area contributed by atoms with Gasteiger partial charge in [0.15, 0.2) is 0 Å². The van der Waals surface area contributed by atoms with Crippen LogP contribution in [-0.2, 0) is 0 Å². The number of aromatic nitrogens is 3. The fraction of sp³-hybridized carbons (Fsp3) is 0.333. The van der Waals surface area contributed by atoms with E-state index in [9.17, 15) is 9.59 Å². The smallest absolute Gasteiger partial charge is 0.271 e. The molecule has 4 aromatic rings. The molecule has 0 unspecified atom stereocenters. The third-order valence-corrected chi connectivity index (χ3v) is 7.53. The lowest BCUT2D eigenvalue weighted by Crippen LogP contribution is -2.31. The number of benzene rings is 1. The van der Waals surface area contributed by atoms with Crippen LogP contribution in [0.1, 0.15) is 57.3 Å². The summed E-state index contributed by atoms with van der Waals surface area (Å²) >= 11 is 1.58. The van der Waals surface area contributed by atoms with Gasteiger partial charge in [0.1, 0.15) is 5.69 Å². The molecule has 1 aliphatic rings. The van der Waals surface area contributed by atoms with Crippen molar-refractivity contribution in [3.8, 4) is 0 Å². The van der Waals surface area contributed by atoms with Gasteiger partial charge in [-0.2, -0.15) is 0 Å². The number of fused-ring (bicyclic) bond motifs is 2. The van der Waals surface area contributed by atoms with E-state index in [-0.39, 0.29) is 11.8 Å². The maximum atomic E-state index is 12.5. The number of nitrogens with zero attached hydrogens (tertiary/aromatic N) is 3. The zero-order valence-corrected chi connectivity index (χ0v) is 18.7. The number of hydrogen-bond donors (Lipinski definition) is 2. The summed E-state index contributed by atoms with van der Waals surface area (Å²) in [5.74, 6) is 1.16. The highest BCUT2D eigenvalue weighted by Gasteiger charge is 2.29. The Kier molecular flexibility index (Phi) is 5.61. The van der Waals surface area contributed by atoms with Crippen molar-refractivity contribution >= 4 is 39.0 Å². The van der Waals surface area contributed by atoms with Gasteiger partial charge in [-0.1, -0.05) is 18.2 Å². The van der Waals surface area contributed by atoms with Gasteiger partial charge in [-0.3, -0.25) is 14.0 Å². The summed E-state index contributed by atoms with van der Waals surface area (Å²) in [6.07, 6.45) is 9.27. The van der Waals surface area contributed by atoms with Crippen LogP contribution in [0, 0.1) is 5.92 Å². The summed E-state index contributed by atoms with van der Waals surface area (Å²) in [5, 5.41) is 7.05. The highest BCUT2D eigenvalue weighted by atomic mass is 32.1. The first-order chi connectivity index (χ1) is 15.6. The van der Waals surface area contributed by atoms with E-state index in [1.807, 2.05) is 18.3 Å². The Morgan fingerprint density at radius 1 is 1.12 bits per heavy atom. The largest absolute Gasteiger partial charge is 0.354 e. The number of amides is 2. The Balaban J connectivity index is 1.24. The molecule has 0 bridgehead atoms. The highest BCUT2D eigenvalue weighted by Crippen LogP contribution is 2.43. The van der Waals surface area contributed by atoms with Crippen molar-refractivity contribution in [2.45, 2.75) is 31.6 Å². The molecule has 3 aromatic heterocycles. The first-order valence-corrected chi connectivity index (χ1v) is 11.8. The second kappa shape index (κ2) is 8.70. The maximum absolute atomic E-state index is 12.5. The standard InChI is InChI=1S/C24H25N5O2S/c1-25-23(31)21-20(17-5-2-3-6-19(17)32-21)16-9-7-15(8-10-16)13-27-22(30)18-14-29-12-4-11-26-24(29)28-18/h2-6,11-12,14-16H,7-10,13H2,1H3,(H,25,31)(H,27,30). The molecule has 0 saturated heterocycles. The van der Waals surface area contributed by atoms with Crippen molar-refractivity contribution in [1.29, 1.82) is 0 Å². The van der Waals surface area contributed by atoms with Gasteiger partial charge in [-0.05, 0) is 60.6 Å². The van der Waals surface area contributed by atoms with E-state index in [4.69, 9.17) is 0 Å². The van der Waals surface area contributed by atoms with Gasteiger partial charge < -0.3 is 10.6 Å². The van der Waals surface area contributed by atoms with Crippen LogP contribution >= 0.6 is 11.3 Å². The summed E-state index contributed by atoms with van der Waals surface area (Å²) in [4.78, 5) is 34.4. The minimum absolute atomic E-state index is 0.00229. The van der Waals surface area contributed by atoms with Gasteiger partial charge in [-0.25, -0.2) is 9.97 Å². The van der Waals surface area contributed by atoms with Crippen LogP contribution in [0.4, 0.5) is 0 Å². The second-order valence-corrected chi connectivity index (χ2v) is 9.35. The average Bonchev–Trinajstić information content (AvgIpc) is 3.44. The summed E-state index contributed by atoms with van der Waals surface area (Å²) in [6, 6.07) is 10.1. The first-order valence-electron chi connectivity index (χ1n) is 11.0. The molecule has 3 heterocycles. The number of carbonyl (C=O) groups excluding carboxylic acids is 2. The van der Waals surface area contributed by atoms with E-state index >= 15 is 0 Å². The molecule has 1 aromatic carbocycles. The van der Waals surface area contributed by atoms with Crippen molar-refractivity contribution < 1.29 is 9.59 Å². The van der Waals surface area contributed by atoms with E-state index in [1.54, 1.807) is 41.2 Å². The molecule has 1 saturated carbocycles. The summed E-state index contributed by atoms with van der Waals surface area (Å²) in [5.41, 5.74) is 1.59. The number of thiophene rings is 1. The number of nitrogens with one attached hydrogen (secondary N) is 2. The molecule has 7 nitrogen and oxygen atoms in total. The second-order valence-electron chi connectivity index (χ2n) is 8.30. The van der Waals surface area contributed by atoms with Crippen molar-refractivity contribution in [3.05, 3.63) is 65.1 Å². The van der Waals surface area contributed by atoms with E-state index < -0.39 is 0 Å². The fourth-order valence-electron chi connectivity index (χ4n) is 4.68. The lowest BCUT2D eigenvalue weighted by Gasteiger charge is -2.29. The molecule has 2 amide bonds. The minimum atomic E-state index is -0.164. The minimum Gasteiger partial charge on any atom is -0.354 e. The number of imidazole rings is 1. The van der Waals surface area contributed by atoms with E-state index in [0.717, 1.165) is 35.3 Å². The normalized spacial score (nSPS) is 18.7. The molecule has 32 heavy (non-hydrogen) atoms. The van der Waals surface area contributed by atoms with Gasteiger partial charge in [-0.15, -0.1) is 11.3 Å². The Labute approximate surface area is 189 Å². The van der Waals surface area contributed by atoms with E-state index in [1.165, 1.54) is 10.9 Å². The number of hydrogen-bond acceptors (Lipinski definition) is 5. The van der Waals surface area contributed by atoms with Crippen LogP contribution in [0.25, 0.3) is 15.9 Å². The zero-order chi connectivity index (χ0) is 22.1. The molecule has 0 aliphatic heterocycles. The summed E-state index contributed by atoms with van der Waals surface area (Å²) < 4.78 is 2.91. The number of carbonyl (C=O) groups is 2. The zero-order valence-electron chi connectivity index (χ0n) is 17.9. The van der Waals surface area contributed by atoms with Gasteiger partial charge in [0, 0.05) is 36.9 Å². The third-order valence-electron chi connectivity index (χ3n) is 6.34. The predicted octanol–water partition coefficient (Wildman–Crippen LogP) is 4.01. The Morgan fingerprint density at radius 2 is 1.94 bits per heavy atom. The molecule has 0 radical (unpaired) electrons. The lowest BCUT2D eigenvalue weighted by atomic mass is 9.77. The molecule has 0 atom stereocenters. The molecular formula is C24H25N5O2S. The Morgan fingerprint density at radius 3 is 2.72 bits per heavy atom. The SMILES string of the molecule is CNC(=O)c1sc2ccccc2c1C1CCC(CNC(=O)c2cn3cccnc3n2)CC1. The topological polar surface area (TPSA) is 88.4 Å². The molecule has 8 heteroatoms. The number of rotatable bonds is 5. The monoisotopic (exact) mass is 447 g/mol. The third kappa shape index (κ3) is 3.86. The van der Waals surface area contributed by atoms with Crippen LogP contribution < -0.4 is 10.6 Å². The summed E-state index contributed by atoms with van der Waals surface area (Å²) in [6.45, 7) is 0.638. The van der Waals surface area contributed by atoms with Gasteiger partial charge in [0.2, 0.25) is 5.78 Å². The lowest BCUT2D eigenvalue weighted by molar-refractivity contribution is 0.0935. The highest BCUT2D eigenvalue weighted by molar-refractivity contribution is 7.21. The fourth-order valence-corrected chi connectivity index (χ4v) is 5.91. The quantitative estimate of drug-likeness (QED) is 0.484. The Bertz CT molecular complexity index is 1250. The molecule has 2 N–H and O–H groups in total. The van der Waals surface area contributed by atoms with Crippen LogP contribution in [0.3, 0.4) is 0 Å². The van der Waals surface area contributed by atoms with Gasteiger partial charge >= 0.3 is 0 Å². The average molecular weight is 448 g/mol. The molecule has 1 aliphatic carbocycles. The predicted molar refractivity (Wildman–Crippen MR) is 125 cm³/mol. The van der Waals surface area contributed by atoms with Crippen LogP contribution in [-0.4, -0.2) is 39.8 Å². The van der Waals surface area contributed by atoms with Gasteiger partial charge in [0.05, 0.1) is 4.88 Å². The molecule has 5 rings (SSSR count). The van der Waals surface area contributed by atoms with Crippen molar-refractivity contribution in [1.82, 2.24) is 25.0 Å². The van der Waals surface area contributed by atoms with E-state index in [2.05, 4.69) is 32.7 Å². The van der Waals surface area contributed by atoms with Crippen LogP contribution in [0.15, 0.2) is 48.9 Å². The van der Waals surface area contributed by atoms with Gasteiger partial charge in [0.25, 0.3) is 11.8 Å². The summed E-state index contributed by atoms with van der Waals surface area (Å²) in [7, 11) is 1.69. The molecular weight excluding hydrogens is 422 g/mol. The molecule has 164 valence electrons. The van der Waals surface area contributed by atoms with Crippen LogP contribution in [0.2, 0.25) is 0 Å². The Hall–Kier alpha value is -3.26. The molecule has 0 spiro atoms. The molecule has 1 fully saturated rings. The van der Waals surface area contributed by atoms with Crippen molar-refractivity contribution in [2.75, 3.05) is 13.6 Å². The van der Waals surface area contributed by atoms with E-state index in [0.29, 0.717) is 29.9 Å². The van der Waals surface area contributed by atoms with Crippen LogP contribution in [0.5, 0.6) is 0 Å². The maximum Gasteiger partial charge on any atom is 0.271 e. The van der Waals surface area contributed by atoms with Crippen molar-refractivity contribution in [2.24, 2.45) is 5.92 Å². The van der Waals surface area contributed by atoms with Crippen molar-refractivity contribution in [3.63, 3.8) is 0 Å².